The third kappa shape index (κ3) is 5.89. The summed E-state index contributed by atoms with van der Waals surface area (Å²) in [4.78, 5) is 37.1. The van der Waals surface area contributed by atoms with E-state index in [1.165, 1.54) is 0 Å². The van der Waals surface area contributed by atoms with E-state index in [1.54, 1.807) is 31.5 Å². The molecule has 2 unspecified atom stereocenters. The molecule has 0 saturated heterocycles. The fourth-order valence-corrected chi connectivity index (χ4v) is 1.64. The summed E-state index contributed by atoms with van der Waals surface area (Å²) in [6, 6.07) is 1.22. The summed E-state index contributed by atoms with van der Waals surface area (Å²) in [5.41, 5.74) is 0.769. The highest BCUT2D eigenvalue weighted by Crippen LogP contribution is 2.09. The molecule has 4 N–H and O–H groups in total. The quantitative estimate of drug-likeness (QED) is 0.588. The van der Waals surface area contributed by atoms with E-state index < -0.39 is 24.0 Å². The lowest BCUT2D eigenvalue weighted by molar-refractivity contribution is -0.140. The van der Waals surface area contributed by atoms with Crippen LogP contribution in [0.3, 0.4) is 0 Å². The first-order valence-corrected chi connectivity index (χ1v) is 6.31. The van der Waals surface area contributed by atoms with Crippen molar-refractivity contribution in [3.63, 3.8) is 0 Å². The molecule has 0 aliphatic rings. The molecule has 0 aliphatic carbocycles. The summed E-state index contributed by atoms with van der Waals surface area (Å²) in [5.74, 6) is -2.40. The molecule has 1 heterocycles. The fourth-order valence-electron chi connectivity index (χ4n) is 1.64. The average molecular weight is 295 g/mol. The van der Waals surface area contributed by atoms with Gasteiger partial charge in [-0.25, -0.2) is 9.59 Å². The van der Waals surface area contributed by atoms with Gasteiger partial charge in [-0.2, -0.15) is 0 Å². The molecule has 2 amide bonds. The van der Waals surface area contributed by atoms with Crippen LogP contribution in [-0.2, 0) is 9.59 Å². The molecule has 21 heavy (non-hydrogen) atoms. The van der Waals surface area contributed by atoms with Gasteiger partial charge in [0.1, 0.15) is 6.04 Å². The van der Waals surface area contributed by atoms with Crippen LogP contribution >= 0.6 is 0 Å². The molecule has 0 aliphatic heterocycles. The van der Waals surface area contributed by atoms with Crippen LogP contribution in [0.25, 0.3) is 0 Å². The summed E-state index contributed by atoms with van der Waals surface area (Å²) in [5, 5.41) is 22.3. The van der Waals surface area contributed by atoms with Crippen molar-refractivity contribution in [2.45, 2.75) is 31.8 Å². The van der Waals surface area contributed by atoms with Crippen LogP contribution in [0.5, 0.6) is 0 Å². The van der Waals surface area contributed by atoms with Crippen molar-refractivity contribution >= 4 is 18.0 Å². The monoisotopic (exact) mass is 295 g/mol. The Hall–Kier alpha value is -2.64. The second kappa shape index (κ2) is 7.83. The molecule has 0 aromatic carbocycles. The molecule has 0 bridgehead atoms. The van der Waals surface area contributed by atoms with Gasteiger partial charge in [0.05, 0.1) is 6.04 Å². The minimum absolute atomic E-state index is 0.181. The molecule has 1 rings (SSSR count). The smallest absolute Gasteiger partial charge is 0.326 e. The van der Waals surface area contributed by atoms with Crippen molar-refractivity contribution in [3.8, 4) is 0 Å². The van der Waals surface area contributed by atoms with Gasteiger partial charge in [0.2, 0.25) is 0 Å². The zero-order valence-corrected chi connectivity index (χ0v) is 11.4. The van der Waals surface area contributed by atoms with Gasteiger partial charge >= 0.3 is 18.0 Å². The zero-order valence-electron chi connectivity index (χ0n) is 11.4. The number of aliphatic carboxylic acids is 2. The number of rotatable bonds is 7. The van der Waals surface area contributed by atoms with Crippen LogP contribution in [0.1, 0.15) is 31.4 Å². The number of carboxylic acid groups (broad SMARTS) is 2. The van der Waals surface area contributed by atoms with Crippen molar-refractivity contribution in [1.29, 1.82) is 0 Å². The van der Waals surface area contributed by atoms with Crippen LogP contribution in [0.4, 0.5) is 4.79 Å². The Morgan fingerprint density at radius 3 is 2.52 bits per heavy atom. The van der Waals surface area contributed by atoms with Crippen LogP contribution in [0.15, 0.2) is 24.5 Å². The third-order valence-electron chi connectivity index (χ3n) is 2.78. The van der Waals surface area contributed by atoms with Gasteiger partial charge in [0.25, 0.3) is 0 Å². The second-order valence-corrected chi connectivity index (χ2v) is 4.45. The number of carbonyl (C=O) groups is 3. The molecule has 114 valence electrons. The highest BCUT2D eigenvalue weighted by atomic mass is 16.4. The largest absolute Gasteiger partial charge is 0.481 e. The number of nitrogens with zero attached hydrogens (tertiary/aromatic N) is 1. The van der Waals surface area contributed by atoms with E-state index in [-0.39, 0.29) is 18.9 Å². The Balaban J connectivity index is 2.54. The Kier molecular flexibility index (Phi) is 6.12. The average Bonchev–Trinajstić information content (AvgIpc) is 2.43. The number of nitrogens with one attached hydrogen (secondary N) is 2. The predicted octanol–water partition coefficient (Wildman–Crippen LogP) is 0.760. The predicted molar refractivity (Wildman–Crippen MR) is 72.6 cm³/mol. The molecule has 1 aromatic heterocycles. The second-order valence-electron chi connectivity index (χ2n) is 4.45. The van der Waals surface area contributed by atoms with Gasteiger partial charge in [-0.15, -0.1) is 0 Å². The number of pyridine rings is 1. The van der Waals surface area contributed by atoms with Gasteiger partial charge in [-0.1, -0.05) is 6.07 Å². The third-order valence-corrected chi connectivity index (χ3v) is 2.78. The summed E-state index contributed by atoms with van der Waals surface area (Å²) in [6.07, 6.45) is 2.67. The summed E-state index contributed by atoms with van der Waals surface area (Å²) >= 11 is 0. The van der Waals surface area contributed by atoms with Gasteiger partial charge < -0.3 is 20.8 Å². The number of hydrogen-bond donors (Lipinski definition) is 4. The number of amides is 2. The van der Waals surface area contributed by atoms with E-state index in [2.05, 4.69) is 15.6 Å². The summed E-state index contributed by atoms with van der Waals surface area (Å²) < 4.78 is 0. The zero-order chi connectivity index (χ0) is 15.8. The standard InChI is InChI=1S/C13H17N3O5/c1-8(9-3-2-6-14-7-9)15-13(21)16-10(12(19)20)4-5-11(17)18/h2-3,6-8,10H,4-5H2,1H3,(H,17,18)(H,19,20)(H2,15,16,21). The fraction of sp³-hybridized carbons (Fsp3) is 0.385. The summed E-state index contributed by atoms with van der Waals surface area (Å²) in [6.45, 7) is 1.73. The minimum atomic E-state index is -1.28. The van der Waals surface area contributed by atoms with Crippen LogP contribution < -0.4 is 10.6 Å². The first-order valence-electron chi connectivity index (χ1n) is 6.31. The topological polar surface area (TPSA) is 129 Å². The van der Waals surface area contributed by atoms with Crippen LogP contribution in [0, 0.1) is 0 Å². The molecule has 2 atom stereocenters. The van der Waals surface area contributed by atoms with Crippen molar-refractivity contribution in [1.82, 2.24) is 15.6 Å². The lowest BCUT2D eigenvalue weighted by atomic mass is 10.1. The minimum Gasteiger partial charge on any atom is -0.481 e. The van der Waals surface area contributed by atoms with Crippen molar-refractivity contribution in [3.05, 3.63) is 30.1 Å². The maximum atomic E-state index is 11.7. The van der Waals surface area contributed by atoms with E-state index in [1.807, 2.05) is 0 Å². The molecule has 0 radical (unpaired) electrons. The number of urea groups is 1. The van der Waals surface area contributed by atoms with E-state index in [0.717, 1.165) is 5.56 Å². The van der Waals surface area contributed by atoms with Gasteiger partial charge in [-0.3, -0.25) is 9.78 Å². The molecular formula is C13H17N3O5. The lowest BCUT2D eigenvalue weighted by Gasteiger charge is -2.18. The van der Waals surface area contributed by atoms with E-state index in [4.69, 9.17) is 10.2 Å². The first-order chi connectivity index (χ1) is 9.90. The maximum absolute atomic E-state index is 11.7. The number of hydrogen-bond acceptors (Lipinski definition) is 4. The molecule has 0 fully saturated rings. The molecule has 0 saturated carbocycles. The Bertz CT molecular complexity index is 506. The van der Waals surface area contributed by atoms with E-state index in [0.29, 0.717) is 0 Å². The van der Waals surface area contributed by atoms with Crippen LogP contribution in [-0.4, -0.2) is 39.2 Å². The lowest BCUT2D eigenvalue weighted by Crippen LogP contribution is -2.46. The van der Waals surface area contributed by atoms with Crippen molar-refractivity contribution in [2.75, 3.05) is 0 Å². The maximum Gasteiger partial charge on any atom is 0.326 e. The molecule has 8 heteroatoms. The molecule has 1 aromatic rings. The molecule has 0 spiro atoms. The number of carboxylic acids is 2. The Morgan fingerprint density at radius 2 is 2.00 bits per heavy atom. The Labute approximate surface area is 121 Å². The highest BCUT2D eigenvalue weighted by Gasteiger charge is 2.21. The number of aromatic nitrogens is 1. The van der Waals surface area contributed by atoms with Gasteiger partial charge in [0, 0.05) is 18.8 Å². The van der Waals surface area contributed by atoms with Crippen molar-refractivity contribution < 1.29 is 24.6 Å². The molecule has 8 nitrogen and oxygen atoms in total. The number of carbonyl (C=O) groups excluding carboxylic acids is 1. The van der Waals surface area contributed by atoms with Gasteiger partial charge in [0.15, 0.2) is 0 Å². The Morgan fingerprint density at radius 1 is 1.29 bits per heavy atom. The normalized spacial score (nSPS) is 13.0. The van der Waals surface area contributed by atoms with Crippen molar-refractivity contribution in [2.24, 2.45) is 0 Å². The van der Waals surface area contributed by atoms with E-state index >= 15 is 0 Å². The summed E-state index contributed by atoms with van der Waals surface area (Å²) in [7, 11) is 0. The molecular weight excluding hydrogens is 278 g/mol. The van der Waals surface area contributed by atoms with Gasteiger partial charge in [-0.05, 0) is 25.0 Å². The SMILES string of the molecule is CC(NC(=O)NC(CCC(=O)O)C(=O)O)c1cccnc1. The first kappa shape index (κ1) is 16.4. The van der Waals surface area contributed by atoms with Crippen LogP contribution in [0.2, 0.25) is 0 Å². The highest BCUT2D eigenvalue weighted by molar-refractivity contribution is 5.83. The van der Waals surface area contributed by atoms with E-state index in [9.17, 15) is 14.4 Å².